The second kappa shape index (κ2) is 9.82. The number of halogens is 1. The lowest BCUT2D eigenvalue weighted by molar-refractivity contribution is 0.0737. The Hall–Kier alpha value is -3.57. The van der Waals surface area contributed by atoms with Gasteiger partial charge in [0.1, 0.15) is 5.69 Å². The molecular weight excluding hydrogens is 468 g/mol. The van der Waals surface area contributed by atoms with Gasteiger partial charge in [-0.1, -0.05) is 48.0 Å². The number of carbonyl (C=O) groups excluding carboxylic acids is 1. The molecule has 0 bridgehead atoms. The van der Waals surface area contributed by atoms with Crippen molar-refractivity contribution in [3.63, 3.8) is 0 Å². The number of carbonyl (C=O) groups is 1. The summed E-state index contributed by atoms with van der Waals surface area (Å²) in [5.41, 5.74) is 9.00. The molecule has 1 saturated heterocycles. The first-order valence-corrected chi connectivity index (χ1v) is 12.7. The van der Waals surface area contributed by atoms with Crippen LogP contribution in [0.4, 0.5) is 5.69 Å². The Kier molecular flexibility index (Phi) is 6.59. The Labute approximate surface area is 217 Å². The number of rotatable bonds is 4. The number of aryl methyl sites for hydroxylation is 4. The lowest BCUT2D eigenvalue weighted by Gasteiger charge is -2.36. The molecule has 0 N–H and O–H groups in total. The molecule has 1 aliphatic heterocycles. The van der Waals surface area contributed by atoms with E-state index in [0.29, 0.717) is 18.8 Å². The first-order valence-electron chi connectivity index (χ1n) is 12.4. The van der Waals surface area contributed by atoms with Crippen LogP contribution < -0.4 is 4.90 Å². The van der Waals surface area contributed by atoms with Crippen molar-refractivity contribution in [1.82, 2.24) is 14.7 Å². The van der Waals surface area contributed by atoms with Crippen LogP contribution in [0.5, 0.6) is 0 Å². The fourth-order valence-corrected chi connectivity index (χ4v) is 4.98. The van der Waals surface area contributed by atoms with Gasteiger partial charge in [-0.2, -0.15) is 5.10 Å². The SMILES string of the molecule is Cc1ccc(C)c(-n2nc(-c3ccc(C)c(C)c3)cc2C(=O)N2CCN(c3ccccc3Cl)CC2)c1. The van der Waals surface area contributed by atoms with Crippen LogP contribution in [0.2, 0.25) is 5.02 Å². The molecule has 1 fully saturated rings. The van der Waals surface area contributed by atoms with Crippen LogP contribution in [0.15, 0.2) is 66.7 Å². The summed E-state index contributed by atoms with van der Waals surface area (Å²) in [7, 11) is 0. The van der Waals surface area contributed by atoms with Crippen LogP contribution in [0.3, 0.4) is 0 Å². The lowest BCUT2D eigenvalue weighted by Crippen LogP contribution is -2.49. The number of aromatic nitrogens is 2. The summed E-state index contributed by atoms with van der Waals surface area (Å²) in [6.45, 7) is 11.0. The van der Waals surface area contributed by atoms with Crippen molar-refractivity contribution >= 4 is 23.2 Å². The van der Waals surface area contributed by atoms with Crippen molar-refractivity contribution in [3.05, 3.63) is 99.7 Å². The van der Waals surface area contributed by atoms with E-state index in [0.717, 1.165) is 51.9 Å². The van der Waals surface area contributed by atoms with Gasteiger partial charge in [0.25, 0.3) is 5.91 Å². The van der Waals surface area contributed by atoms with Crippen LogP contribution in [-0.2, 0) is 0 Å². The van der Waals surface area contributed by atoms with Gasteiger partial charge in [-0.05, 0) is 80.3 Å². The lowest BCUT2D eigenvalue weighted by atomic mass is 10.0. The van der Waals surface area contributed by atoms with Gasteiger partial charge in [-0.25, -0.2) is 4.68 Å². The summed E-state index contributed by atoms with van der Waals surface area (Å²) < 4.78 is 1.83. The van der Waals surface area contributed by atoms with Gasteiger partial charge in [0.15, 0.2) is 0 Å². The van der Waals surface area contributed by atoms with Crippen LogP contribution in [0, 0.1) is 27.7 Å². The summed E-state index contributed by atoms with van der Waals surface area (Å²) in [6, 6.07) is 22.4. The molecule has 3 aromatic carbocycles. The van der Waals surface area contributed by atoms with E-state index in [1.54, 1.807) is 0 Å². The van der Waals surface area contributed by atoms with Crippen LogP contribution in [0.1, 0.15) is 32.7 Å². The van der Waals surface area contributed by atoms with Gasteiger partial charge in [0, 0.05) is 31.7 Å². The molecule has 184 valence electrons. The molecule has 5 rings (SSSR count). The van der Waals surface area contributed by atoms with E-state index in [1.807, 2.05) is 39.9 Å². The Morgan fingerprint density at radius 3 is 2.22 bits per heavy atom. The average Bonchev–Trinajstić information content (AvgIpc) is 3.32. The molecule has 2 heterocycles. The zero-order valence-electron chi connectivity index (χ0n) is 21.3. The summed E-state index contributed by atoms with van der Waals surface area (Å²) in [5, 5.41) is 5.69. The minimum atomic E-state index is -0.00250. The molecule has 4 aromatic rings. The third-order valence-corrected chi connectivity index (χ3v) is 7.40. The van der Waals surface area contributed by atoms with E-state index in [2.05, 4.69) is 69.0 Å². The molecule has 0 atom stereocenters. The monoisotopic (exact) mass is 498 g/mol. The van der Waals surface area contributed by atoms with Gasteiger partial charge in [-0.15, -0.1) is 0 Å². The standard InChI is InChI=1S/C30H31ClN4O/c1-20-9-10-22(3)28(17-20)35-29(19-26(32-35)24-12-11-21(2)23(4)18-24)30(36)34-15-13-33(14-16-34)27-8-6-5-7-25(27)31/h5-12,17-19H,13-16H2,1-4H3. The molecule has 0 radical (unpaired) electrons. The van der Waals surface area contributed by atoms with Crippen LogP contribution in [0.25, 0.3) is 16.9 Å². The van der Waals surface area contributed by atoms with Crippen molar-refractivity contribution in [2.24, 2.45) is 0 Å². The van der Waals surface area contributed by atoms with E-state index in [9.17, 15) is 4.79 Å². The van der Waals surface area contributed by atoms with E-state index in [1.165, 1.54) is 11.1 Å². The van der Waals surface area contributed by atoms with Crippen molar-refractivity contribution < 1.29 is 4.79 Å². The number of para-hydroxylation sites is 1. The Morgan fingerprint density at radius 2 is 1.50 bits per heavy atom. The highest BCUT2D eigenvalue weighted by Gasteiger charge is 2.27. The Balaban J connectivity index is 1.49. The molecule has 0 aliphatic carbocycles. The minimum absolute atomic E-state index is 0.00250. The third kappa shape index (κ3) is 4.63. The molecule has 0 saturated carbocycles. The van der Waals surface area contributed by atoms with Crippen LogP contribution >= 0.6 is 11.6 Å². The number of piperazine rings is 1. The smallest absolute Gasteiger partial charge is 0.272 e. The quantitative estimate of drug-likeness (QED) is 0.327. The number of benzene rings is 3. The summed E-state index contributed by atoms with van der Waals surface area (Å²) in [5.74, 6) is -0.00250. The van der Waals surface area contributed by atoms with E-state index in [4.69, 9.17) is 16.7 Å². The highest BCUT2D eigenvalue weighted by atomic mass is 35.5. The molecule has 5 nitrogen and oxygen atoms in total. The van der Waals surface area contributed by atoms with Crippen molar-refractivity contribution in [1.29, 1.82) is 0 Å². The maximum atomic E-state index is 13.9. The predicted octanol–water partition coefficient (Wildman–Crippen LogP) is 6.39. The second-order valence-corrected chi connectivity index (χ2v) is 10.1. The zero-order chi connectivity index (χ0) is 25.4. The molecule has 1 aliphatic rings. The molecule has 1 aromatic heterocycles. The van der Waals surface area contributed by atoms with Gasteiger partial charge < -0.3 is 9.80 Å². The summed E-state index contributed by atoms with van der Waals surface area (Å²) >= 11 is 6.42. The topological polar surface area (TPSA) is 41.4 Å². The second-order valence-electron chi connectivity index (χ2n) is 9.65. The van der Waals surface area contributed by atoms with Crippen LogP contribution in [-0.4, -0.2) is 46.8 Å². The van der Waals surface area contributed by atoms with Gasteiger partial charge in [0.05, 0.1) is 22.1 Å². The predicted molar refractivity (Wildman–Crippen MR) is 148 cm³/mol. The fraction of sp³-hybridized carbons (Fsp3) is 0.267. The number of hydrogen-bond acceptors (Lipinski definition) is 3. The highest BCUT2D eigenvalue weighted by molar-refractivity contribution is 6.33. The molecule has 36 heavy (non-hydrogen) atoms. The number of nitrogens with zero attached hydrogens (tertiary/aromatic N) is 4. The van der Waals surface area contributed by atoms with Gasteiger partial charge in [0.2, 0.25) is 0 Å². The molecule has 0 spiro atoms. The normalized spacial score (nSPS) is 13.8. The number of amides is 1. The van der Waals surface area contributed by atoms with E-state index >= 15 is 0 Å². The molecule has 1 amide bonds. The van der Waals surface area contributed by atoms with Gasteiger partial charge in [-0.3, -0.25) is 4.79 Å². The maximum Gasteiger partial charge on any atom is 0.272 e. The fourth-order valence-electron chi connectivity index (χ4n) is 4.73. The van der Waals surface area contributed by atoms with E-state index < -0.39 is 0 Å². The maximum absolute atomic E-state index is 13.9. The Morgan fingerprint density at radius 1 is 0.778 bits per heavy atom. The zero-order valence-corrected chi connectivity index (χ0v) is 22.0. The number of hydrogen-bond donors (Lipinski definition) is 0. The minimum Gasteiger partial charge on any atom is -0.367 e. The van der Waals surface area contributed by atoms with Crippen molar-refractivity contribution in [2.75, 3.05) is 31.1 Å². The Bertz CT molecular complexity index is 1430. The summed E-state index contributed by atoms with van der Waals surface area (Å²) in [6.07, 6.45) is 0. The largest absolute Gasteiger partial charge is 0.367 e. The highest BCUT2D eigenvalue weighted by Crippen LogP contribution is 2.29. The van der Waals surface area contributed by atoms with Crippen molar-refractivity contribution in [3.8, 4) is 16.9 Å². The first-order chi connectivity index (χ1) is 17.3. The molecular formula is C30H31ClN4O. The first kappa shape index (κ1) is 24.1. The molecule has 0 unspecified atom stereocenters. The third-order valence-electron chi connectivity index (χ3n) is 7.08. The molecule has 6 heteroatoms. The van der Waals surface area contributed by atoms with Gasteiger partial charge >= 0.3 is 0 Å². The summed E-state index contributed by atoms with van der Waals surface area (Å²) in [4.78, 5) is 18.1. The van der Waals surface area contributed by atoms with Crippen molar-refractivity contribution in [2.45, 2.75) is 27.7 Å². The van der Waals surface area contributed by atoms with E-state index in [-0.39, 0.29) is 5.91 Å². The number of anilines is 1. The average molecular weight is 499 g/mol.